The van der Waals surface area contributed by atoms with Gasteiger partial charge < -0.3 is 15.0 Å². The summed E-state index contributed by atoms with van der Waals surface area (Å²) < 4.78 is 5.56. The van der Waals surface area contributed by atoms with E-state index in [1.807, 2.05) is 32.6 Å². The first-order chi connectivity index (χ1) is 9.29. The van der Waals surface area contributed by atoms with Crippen LogP contribution in [0.4, 0.5) is 0 Å². The molecule has 2 amide bonds. The van der Waals surface area contributed by atoms with Gasteiger partial charge in [0, 0.05) is 25.6 Å². The van der Waals surface area contributed by atoms with Crippen molar-refractivity contribution in [1.29, 1.82) is 0 Å². The van der Waals surface area contributed by atoms with Crippen LogP contribution in [-0.2, 0) is 14.3 Å². The largest absolute Gasteiger partial charge is 0.378 e. The van der Waals surface area contributed by atoms with Crippen LogP contribution in [0.3, 0.4) is 0 Å². The molecule has 0 bridgehead atoms. The SMILES string of the molecule is CC1CC(N2CCC(=O)NC(C(C)(C)C)C2=O)CCO1. The average molecular weight is 282 g/mol. The van der Waals surface area contributed by atoms with E-state index in [1.54, 1.807) is 0 Å². The fourth-order valence-electron chi connectivity index (χ4n) is 3.00. The molecule has 2 rings (SSSR count). The lowest BCUT2D eigenvalue weighted by Gasteiger charge is -2.39. The minimum Gasteiger partial charge on any atom is -0.378 e. The van der Waals surface area contributed by atoms with E-state index in [-0.39, 0.29) is 29.4 Å². The van der Waals surface area contributed by atoms with Crippen LogP contribution >= 0.6 is 0 Å². The number of carbonyl (C=O) groups is 2. The van der Waals surface area contributed by atoms with Crippen molar-refractivity contribution in [2.24, 2.45) is 5.41 Å². The molecule has 3 unspecified atom stereocenters. The molecule has 0 aromatic heterocycles. The molecule has 2 saturated heterocycles. The molecule has 0 aromatic rings. The third-order valence-corrected chi connectivity index (χ3v) is 4.18. The molecule has 5 nitrogen and oxygen atoms in total. The van der Waals surface area contributed by atoms with Crippen molar-refractivity contribution in [3.8, 4) is 0 Å². The zero-order chi connectivity index (χ0) is 14.9. The van der Waals surface area contributed by atoms with E-state index in [4.69, 9.17) is 4.74 Å². The van der Waals surface area contributed by atoms with Crippen LogP contribution < -0.4 is 5.32 Å². The molecule has 0 aromatic carbocycles. The quantitative estimate of drug-likeness (QED) is 0.789. The molecule has 2 aliphatic rings. The third kappa shape index (κ3) is 3.32. The zero-order valence-electron chi connectivity index (χ0n) is 12.9. The second-order valence-corrected chi connectivity index (χ2v) is 7.01. The van der Waals surface area contributed by atoms with E-state index in [0.717, 1.165) is 12.8 Å². The summed E-state index contributed by atoms with van der Waals surface area (Å²) in [5.41, 5.74) is -0.272. The highest BCUT2D eigenvalue weighted by atomic mass is 16.5. The molecule has 0 spiro atoms. The maximum Gasteiger partial charge on any atom is 0.245 e. The highest BCUT2D eigenvalue weighted by Crippen LogP contribution is 2.27. The van der Waals surface area contributed by atoms with Crippen LogP contribution in [0.15, 0.2) is 0 Å². The summed E-state index contributed by atoms with van der Waals surface area (Å²) >= 11 is 0. The normalized spacial score (nSPS) is 32.8. The minimum absolute atomic E-state index is 0.0270. The van der Waals surface area contributed by atoms with E-state index < -0.39 is 6.04 Å². The summed E-state index contributed by atoms with van der Waals surface area (Å²) in [6.45, 7) is 9.23. The fourth-order valence-corrected chi connectivity index (χ4v) is 3.00. The highest BCUT2D eigenvalue weighted by molar-refractivity contribution is 5.90. The van der Waals surface area contributed by atoms with Gasteiger partial charge in [0.15, 0.2) is 0 Å². The zero-order valence-corrected chi connectivity index (χ0v) is 12.9. The number of carbonyl (C=O) groups excluding carboxylic acids is 2. The van der Waals surface area contributed by atoms with Gasteiger partial charge in [-0.3, -0.25) is 9.59 Å². The topological polar surface area (TPSA) is 58.6 Å². The van der Waals surface area contributed by atoms with Crippen LogP contribution in [-0.4, -0.2) is 48.1 Å². The van der Waals surface area contributed by atoms with E-state index in [1.165, 1.54) is 0 Å². The minimum atomic E-state index is -0.435. The van der Waals surface area contributed by atoms with Crippen molar-refractivity contribution in [2.75, 3.05) is 13.2 Å². The van der Waals surface area contributed by atoms with Crippen molar-refractivity contribution < 1.29 is 14.3 Å². The molecule has 3 atom stereocenters. The van der Waals surface area contributed by atoms with E-state index in [9.17, 15) is 9.59 Å². The summed E-state index contributed by atoms with van der Waals surface area (Å²) in [6.07, 6.45) is 2.30. The number of hydrogen-bond acceptors (Lipinski definition) is 3. The van der Waals surface area contributed by atoms with Gasteiger partial charge in [-0.05, 0) is 25.2 Å². The lowest BCUT2D eigenvalue weighted by atomic mass is 9.85. The Morgan fingerprint density at radius 2 is 2.00 bits per heavy atom. The lowest BCUT2D eigenvalue weighted by Crippen LogP contribution is -2.55. The Bertz CT molecular complexity index is 389. The number of ether oxygens (including phenoxy) is 1. The first-order valence-corrected chi connectivity index (χ1v) is 7.50. The van der Waals surface area contributed by atoms with E-state index >= 15 is 0 Å². The van der Waals surface area contributed by atoms with Gasteiger partial charge in [-0.2, -0.15) is 0 Å². The Balaban J connectivity index is 2.19. The van der Waals surface area contributed by atoms with E-state index in [2.05, 4.69) is 5.32 Å². The van der Waals surface area contributed by atoms with Crippen molar-refractivity contribution in [2.45, 2.75) is 65.1 Å². The molecule has 20 heavy (non-hydrogen) atoms. The summed E-state index contributed by atoms with van der Waals surface area (Å²) in [5, 5.41) is 2.89. The second-order valence-electron chi connectivity index (χ2n) is 7.01. The van der Waals surface area contributed by atoms with Crippen LogP contribution in [0.2, 0.25) is 0 Å². The molecule has 0 radical (unpaired) electrons. The number of amides is 2. The molecular weight excluding hydrogens is 256 g/mol. The Morgan fingerprint density at radius 1 is 1.30 bits per heavy atom. The van der Waals surface area contributed by atoms with Crippen LogP contribution in [0.5, 0.6) is 0 Å². The number of hydrogen-bond donors (Lipinski definition) is 1. The molecule has 0 aliphatic carbocycles. The first kappa shape index (κ1) is 15.3. The van der Waals surface area contributed by atoms with Crippen molar-refractivity contribution in [1.82, 2.24) is 10.2 Å². The van der Waals surface area contributed by atoms with Crippen LogP contribution in [0.25, 0.3) is 0 Å². The van der Waals surface area contributed by atoms with Crippen LogP contribution in [0, 0.1) is 5.41 Å². The van der Waals surface area contributed by atoms with Gasteiger partial charge in [-0.15, -0.1) is 0 Å². The summed E-state index contributed by atoms with van der Waals surface area (Å²) in [6, 6.07) is -0.237. The average Bonchev–Trinajstić information content (AvgIpc) is 2.49. The van der Waals surface area contributed by atoms with Crippen LogP contribution in [0.1, 0.15) is 47.0 Å². The third-order valence-electron chi connectivity index (χ3n) is 4.18. The van der Waals surface area contributed by atoms with E-state index in [0.29, 0.717) is 19.6 Å². The van der Waals surface area contributed by atoms with Gasteiger partial charge in [0.2, 0.25) is 11.8 Å². The Labute approximate surface area is 121 Å². The molecule has 2 aliphatic heterocycles. The summed E-state index contributed by atoms with van der Waals surface area (Å²) in [7, 11) is 0. The Morgan fingerprint density at radius 3 is 2.60 bits per heavy atom. The molecule has 2 heterocycles. The summed E-state index contributed by atoms with van der Waals surface area (Å²) in [5.74, 6) is 0.0309. The number of nitrogens with zero attached hydrogens (tertiary/aromatic N) is 1. The van der Waals surface area contributed by atoms with Gasteiger partial charge >= 0.3 is 0 Å². The number of nitrogens with one attached hydrogen (secondary N) is 1. The predicted octanol–water partition coefficient (Wildman–Crippen LogP) is 1.32. The standard InChI is InChI=1S/C15H26N2O3/c1-10-9-11(6-8-20-10)17-7-5-12(18)16-13(14(17)19)15(2,3)4/h10-11,13H,5-9H2,1-4H3,(H,16,18). The predicted molar refractivity (Wildman–Crippen MR) is 76.2 cm³/mol. The molecule has 2 fully saturated rings. The molecular formula is C15H26N2O3. The van der Waals surface area contributed by atoms with Crippen molar-refractivity contribution in [3.63, 3.8) is 0 Å². The second kappa shape index (κ2) is 5.72. The highest BCUT2D eigenvalue weighted by Gasteiger charge is 2.40. The smallest absolute Gasteiger partial charge is 0.245 e. The lowest BCUT2D eigenvalue weighted by molar-refractivity contribution is -0.141. The molecule has 1 N–H and O–H groups in total. The van der Waals surface area contributed by atoms with Crippen molar-refractivity contribution in [3.05, 3.63) is 0 Å². The maximum atomic E-state index is 12.8. The fraction of sp³-hybridized carbons (Fsp3) is 0.867. The van der Waals surface area contributed by atoms with Gasteiger partial charge in [0.1, 0.15) is 6.04 Å². The Hall–Kier alpha value is -1.10. The van der Waals surface area contributed by atoms with Gasteiger partial charge in [-0.1, -0.05) is 20.8 Å². The first-order valence-electron chi connectivity index (χ1n) is 7.50. The van der Waals surface area contributed by atoms with Gasteiger partial charge in [0.25, 0.3) is 0 Å². The maximum absolute atomic E-state index is 12.8. The number of rotatable bonds is 1. The molecule has 0 saturated carbocycles. The summed E-state index contributed by atoms with van der Waals surface area (Å²) in [4.78, 5) is 26.6. The monoisotopic (exact) mass is 282 g/mol. The molecule has 5 heteroatoms. The van der Waals surface area contributed by atoms with Gasteiger partial charge in [-0.25, -0.2) is 0 Å². The Kier molecular flexibility index (Phi) is 4.37. The van der Waals surface area contributed by atoms with Crippen molar-refractivity contribution >= 4 is 11.8 Å². The molecule has 114 valence electrons. The van der Waals surface area contributed by atoms with Gasteiger partial charge in [0.05, 0.1) is 6.10 Å².